The van der Waals surface area contributed by atoms with Crippen molar-refractivity contribution < 1.29 is 9.21 Å². The average Bonchev–Trinajstić information content (AvgIpc) is 3.36. The molecule has 1 fully saturated rings. The maximum Gasteiger partial charge on any atom is 0.297 e. The van der Waals surface area contributed by atoms with Crippen LogP contribution in [0.15, 0.2) is 41.1 Å². The largest absolute Gasteiger partial charge is 0.420 e. The number of nitrogens with one attached hydrogen (secondary N) is 1. The Labute approximate surface area is 171 Å². The van der Waals surface area contributed by atoms with Crippen LogP contribution in [0.3, 0.4) is 0 Å². The molecule has 1 N–H and O–H groups in total. The normalized spacial score (nSPS) is 16.6. The van der Waals surface area contributed by atoms with E-state index in [1.54, 1.807) is 6.20 Å². The van der Waals surface area contributed by atoms with Gasteiger partial charge < -0.3 is 14.3 Å². The monoisotopic (exact) mass is 394 g/mol. The standard InChI is InChI=1S/C23H30N4O2/c1-16(2)26-8-10-27(11-9-26)23-25-15-22(29-23)21(28)13-17(3)12-18-14-24-20-7-5-4-6-19(18)20/h4-7,14-17,24H,8-13H2,1-3H3. The lowest BCUT2D eigenvalue weighted by atomic mass is 9.95. The number of rotatable bonds is 7. The Morgan fingerprint density at radius 3 is 2.69 bits per heavy atom. The van der Waals surface area contributed by atoms with E-state index < -0.39 is 0 Å². The summed E-state index contributed by atoms with van der Waals surface area (Å²) in [5, 5.41) is 1.23. The second kappa shape index (κ2) is 8.41. The number of carbonyl (C=O) groups excluding carboxylic acids is 1. The first kappa shape index (κ1) is 19.7. The molecule has 1 saturated heterocycles. The number of hydrogen-bond acceptors (Lipinski definition) is 5. The number of hydrogen-bond donors (Lipinski definition) is 1. The van der Waals surface area contributed by atoms with E-state index in [2.05, 4.69) is 58.9 Å². The molecule has 2 aromatic heterocycles. The number of ketones is 1. The number of anilines is 1. The van der Waals surface area contributed by atoms with Gasteiger partial charge in [-0.05, 0) is 37.8 Å². The molecule has 1 atom stereocenters. The van der Waals surface area contributed by atoms with Crippen molar-refractivity contribution in [3.05, 3.63) is 48.0 Å². The molecule has 1 aliphatic heterocycles. The van der Waals surface area contributed by atoms with Crippen LogP contribution in [0.5, 0.6) is 0 Å². The van der Waals surface area contributed by atoms with Gasteiger partial charge in [-0.2, -0.15) is 0 Å². The summed E-state index contributed by atoms with van der Waals surface area (Å²) >= 11 is 0. The van der Waals surface area contributed by atoms with Crippen LogP contribution in [0.1, 0.15) is 43.3 Å². The second-order valence-electron chi connectivity index (χ2n) is 8.42. The first-order valence-corrected chi connectivity index (χ1v) is 10.5. The Bertz CT molecular complexity index is 966. The topological polar surface area (TPSA) is 65.4 Å². The van der Waals surface area contributed by atoms with Gasteiger partial charge in [0.15, 0.2) is 11.5 Å². The Balaban J connectivity index is 1.34. The van der Waals surface area contributed by atoms with Crippen molar-refractivity contribution in [1.29, 1.82) is 0 Å². The number of carbonyl (C=O) groups is 1. The summed E-state index contributed by atoms with van der Waals surface area (Å²) in [6.45, 7) is 10.3. The third kappa shape index (κ3) is 4.37. The van der Waals surface area contributed by atoms with Gasteiger partial charge in [0.1, 0.15) is 0 Å². The minimum Gasteiger partial charge on any atom is -0.420 e. The predicted octanol–water partition coefficient (Wildman–Crippen LogP) is 4.14. The van der Waals surface area contributed by atoms with Gasteiger partial charge >= 0.3 is 0 Å². The molecule has 3 heterocycles. The number of piperazine rings is 1. The Kier molecular flexibility index (Phi) is 5.72. The molecule has 0 aliphatic carbocycles. The van der Waals surface area contributed by atoms with Crippen LogP contribution in [0, 0.1) is 5.92 Å². The maximum atomic E-state index is 12.7. The molecule has 29 heavy (non-hydrogen) atoms. The fourth-order valence-electron chi connectivity index (χ4n) is 4.13. The molecule has 1 aromatic carbocycles. The smallest absolute Gasteiger partial charge is 0.297 e. The van der Waals surface area contributed by atoms with Gasteiger partial charge in [0.2, 0.25) is 0 Å². The summed E-state index contributed by atoms with van der Waals surface area (Å²) < 4.78 is 5.83. The molecule has 6 heteroatoms. The van der Waals surface area contributed by atoms with E-state index in [4.69, 9.17) is 4.42 Å². The first-order valence-electron chi connectivity index (χ1n) is 10.5. The lowest BCUT2D eigenvalue weighted by Gasteiger charge is -2.36. The summed E-state index contributed by atoms with van der Waals surface area (Å²) in [6, 6.07) is 9.40. The van der Waals surface area contributed by atoms with E-state index in [-0.39, 0.29) is 11.7 Å². The van der Waals surface area contributed by atoms with Crippen molar-refractivity contribution in [3.63, 3.8) is 0 Å². The molecule has 0 bridgehead atoms. The van der Waals surface area contributed by atoms with Crippen molar-refractivity contribution in [1.82, 2.24) is 14.9 Å². The van der Waals surface area contributed by atoms with E-state index in [0.717, 1.165) is 38.1 Å². The Hall–Kier alpha value is -2.60. The number of aromatic nitrogens is 2. The third-order valence-corrected chi connectivity index (χ3v) is 5.86. The number of fused-ring (bicyclic) bond motifs is 1. The summed E-state index contributed by atoms with van der Waals surface area (Å²) in [4.78, 5) is 25.0. The lowest BCUT2D eigenvalue weighted by molar-refractivity contribution is 0.0937. The predicted molar refractivity (Wildman–Crippen MR) is 116 cm³/mol. The zero-order valence-corrected chi connectivity index (χ0v) is 17.5. The van der Waals surface area contributed by atoms with Gasteiger partial charge in [0.25, 0.3) is 6.01 Å². The molecule has 0 saturated carbocycles. The van der Waals surface area contributed by atoms with Crippen LogP contribution in [-0.4, -0.2) is 52.9 Å². The fraction of sp³-hybridized carbons (Fsp3) is 0.478. The zero-order chi connectivity index (χ0) is 20.4. The minimum absolute atomic E-state index is 0.0249. The molecular formula is C23H30N4O2. The van der Waals surface area contributed by atoms with E-state index in [1.165, 1.54) is 10.9 Å². The molecule has 0 amide bonds. The Morgan fingerprint density at radius 2 is 1.93 bits per heavy atom. The second-order valence-corrected chi connectivity index (χ2v) is 8.42. The highest BCUT2D eigenvalue weighted by atomic mass is 16.4. The minimum atomic E-state index is 0.0249. The lowest BCUT2D eigenvalue weighted by Crippen LogP contribution is -2.49. The van der Waals surface area contributed by atoms with Crippen LogP contribution in [-0.2, 0) is 6.42 Å². The van der Waals surface area contributed by atoms with Gasteiger partial charge in [-0.3, -0.25) is 9.69 Å². The maximum absolute atomic E-state index is 12.7. The van der Waals surface area contributed by atoms with Gasteiger partial charge in [-0.15, -0.1) is 0 Å². The molecule has 6 nitrogen and oxygen atoms in total. The molecule has 154 valence electrons. The quantitative estimate of drug-likeness (QED) is 0.610. The van der Waals surface area contributed by atoms with Gasteiger partial charge in [-0.25, -0.2) is 4.98 Å². The Morgan fingerprint density at radius 1 is 1.17 bits per heavy atom. The fourth-order valence-corrected chi connectivity index (χ4v) is 4.13. The highest BCUT2D eigenvalue weighted by Crippen LogP contribution is 2.24. The van der Waals surface area contributed by atoms with E-state index in [0.29, 0.717) is 24.2 Å². The number of H-pyrrole nitrogens is 1. The van der Waals surface area contributed by atoms with Gasteiger partial charge in [0, 0.05) is 55.7 Å². The highest BCUT2D eigenvalue weighted by molar-refractivity contribution is 5.93. The average molecular weight is 395 g/mol. The van der Waals surface area contributed by atoms with Crippen molar-refractivity contribution in [2.75, 3.05) is 31.1 Å². The van der Waals surface area contributed by atoms with Crippen LogP contribution < -0.4 is 4.90 Å². The summed E-state index contributed by atoms with van der Waals surface area (Å²) in [7, 11) is 0. The number of para-hydroxylation sites is 1. The summed E-state index contributed by atoms with van der Waals surface area (Å²) in [6.07, 6.45) is 4.95. The molecular weight excluding hydrogens is 364 g/mol. The summed E-state index contributed by atoms with van der Waals surface area (Å²) in [5.41, 5.74) is 2.39. The first-order chi connectivity index (χ1) is 14.0. The molecule has 3 aromatic rings. The molecule has 4 rings (SSSR count). The molecule has 1 unspecified atom stereocenters. The number of oxazole rings is 1. The van der Waals surface area contributed by atoms with Crippen LogP contribution in [0.25, 0.3) is 10.9 Å². The van der Waals surface area contributed by atoms with E-state index >= 15 is 0 Å². The summed E-state index contributed by atoms with van der Waals surface area (Å²) in [5.74, 6) is 0.624. The number of Topliss-reactive ketones (excluding diaryl/α,β-unsaturated/α-hetero) is 1. The van der Waals surface area contributed by atoms with Crippen LogP contribution in [0.4, 0.5) is 6.01 Å². The van der Waals surface area contributed by atoms with E-state index in [1.807, 2.05) is 12.1 Å². The SMILES string of the molecule is CC(CC(=O)c1cnc(N2CCN(C(C)C)CC2)o1)Cc1c[nH]c2ccccc12. The van der Waals surface area contributed by atoms with Crippen LogP contribution >= 0.6 is 0 Å². The van der Waals surface area contributed by atoms with Gasteiger partial charge in [0.05, 0.1) is 6.20 Å². The number of aromatic amines is 1. The van der Waals surface area contributed by atoms with Gasteiger partial charge in [-0.1, -0.05) is 25.1 Å². The molecule has 0 radical (unpaired) electrons. The molecule has 0 spiro atoms. The van der Waals surface area contributed by atoms with Crippen molar-refractivity contribution in [2.24, 2.45) is 5.92 Å². The zero-order valence-electron chi connectivity index (χ0n) is 17.5. The van der Waals surface area contributed by atoms with E-state index in [9.17, 15) is 4.79 Å². The third-order valence-electron chi connectivity index (χ3n) is 5.86. The van der Waals surface area contributed by atoms with Crippen molar-refractivity contribution in [3.8, 4) is 0 Å². The van der Waals surface area contributed by atoms with Crippen molar-refractivity contribution >= 4 is 22.7 Å². The highest BCUT2D eigenvalue weighted by Gasteiger charge is 2.24. The molecule has 1 aliphatic rings. The number of benzene rings is 1. The van der Waals surface area contributed by atoms with Crippen LogP contribution in [0.2, 0.25) is 0 Å². The van der Waals surface area contributed by atoms with Crippen molar-refractivity contribution in [2.45, 2.75) is 39.7 Å². The number of nitrogens with zero attached hydrogens (tertiary/aromatic N) is 3.